The number of aromatic nitrogens is 3. The molecule has 2 aliphatic rings. The maximum Gasteiger partial charge on any atom is 0.381 e. The fourth-order valence-electron chi connectivity index (χ4n) is 5.74. The minimum atomic E-state index is -1.00. The normalized spacial score (nSPS) is 17.9. The summed E-state index contributed by atoms with van der Waals surface area (Å²) >= 11 is 1.01. The fourth-order valence-corrected chi connectivity index (χ4v) is 6.43. The zero-order chi connectivity index (χ0) is 26.5. The first-order valence-electron chi connectivity index (χ1n) is 13.3. The first-order valence-corrected chi connectivity index (χ1v) is 14.2. The van der Waals surface area contributed by atoms with Gasteiger partial charge < -0.3 is 15.2 Å². The largest absolute Gasteiger partial charge is 0.493 e. The monoisotopic (exact) mass is 532 g/mol. The minimum absolute atomic E-state index is 0.0688. The smallest absolute Gasteiger partial charge is 0.381 e. The lowest BCUT2D eigenvalue weighted by Crippen LogP contribution is -2.35. The van der Waals surface area contributed by atoms with Crippen LogP contribution < -0.4 is 11.0 Å². The van der Waals surface area contributed by atoms with Crippen molar-refractivity contribution in [2.24, 2.45) is 13.0 Å². The number of hydrogen-bond donors (Lipinski definition) is 2. The second-order valence-corrected chi connectivity index (χ2v) is 10.9. The van der Waals surface area contributed by atoms with E-state index in [0.717, 1.165) is 75.5 Å². The van der Waals surface area contributed by atoms with Gasteiger partial charge in [-0.3, -0.25) is 18.7 Å². The molecule has 2 N–H and O–H groups in total. The number of amides is 1. The number of Topliss-reactive ketones (excluding diaryl/α,β-unsaturated/α-hetero) is 1. The second-order valence-electron chi connectivity index (χ2n) is 10.1. The summed E-state index contributed by atoms with van der Waals surface area (Å²) in [5.74, 6) is -2.16. The van der Waals surface area contributed by atoms with E-state index >= 15 is 0 Å². The van der Waals surface area contributed by atoms with Gasteiger partial charge in [-0.15, -0.1) is 11.3 Å². The van der Waals surface area contributed by atoms with Crippen LogP contribution in [0.15, 0.2) is 10.2 Å². The number of nitrogens with one attached hydrogen (secondary N) is 1. The van der Waals surface area contributed by atoms with Gasteiger partial charge >= 0.3 is 11.7 Å². The molecule has 0 saturated heterocycles. The van der Waals surface area contributed by atoms with Gasteiger partial charge in [0.1, 0.15) is 11.7 Å². The number of carbonyl (C=O) groups excluding carboxylic acids is 3. The summed E-state index contributed by atoms with van der Waals surface area (Å²) in [4.78, 5) is 55.1. The summed E-state index contributed by atoms with van der Waals surface area (Å²) in [5.41, 5.74) is 0.0796. The number of nitrogens with zero attached hydrogens (tertiary/aromatic N) is 3. The van der Waals surface area contributed by atoms with Crippen molar-refractivity contribution in [3.8, 4) is 5.88 Å². The van der Waals surface area contributed by atoms with Crippen LogP contribution >= 0.6 is 11.3 Å². The molecule has 2 aliphatic carbocycles. The molecular weight excluding hydrogens is 496 g/mol. The van der Waals surface area contributed by atoms with Crippen LogP contribution in [-0.2, 0) is 21.4 Å². The molecular formula is C26H36N4O6S. The Kier molecular flexibility index (Phi) is 8.83. The summed E-state index contributed by atoms with van der Waals surface area (Å²) in [6, 6.07) is -0.924. The molecule has 0 aliphatic heterocycles. The molecule has 0 radical (unpaired) electrons. The quantitative estimate of drug-likeness (QED) is 0.280. The predicted octanol–water partition coefficient (Wildman–Crippen LogP) is 4.29. The highest BCUT2D eigenvalue weighted by molar-refractivity contribution is 7.14. The van der Waals surface area contributed by atoms with Gasteiger partial charge in [0.25, 0.3) is 5.78 Å². The van der Waals surface area contributed by atoms with Gasteiger partial charge in [0.15, 0.2) is 5.13 Å². The summed E-state index contributed by atoms with van der Waals surface area (Å²) in [5, 5.41) is 15.6. The first-order chi connectivity index (χ1) is 17.8. The number of rotatable bonds is 9. The van der Waals surface area contributed by atoms with Crippen LogP contribution in [-0.4, -0.2) is 43.5 Å². The highest BCUT2D eigenvalue weighted by Gasteiger charge is 2.34. The zero-order valence-corrected chi connectivity index (χ0v) is 22.3. The second kappa shape index (κ2) is 12.1. The van der Waals surface area contributed by atoms with Gasteiger partial charge in [-0.1, -0.05) is 51.4 Å². The van der Waals surface area contributed by atoms with E-state index in [9.17, 15) is 24.3 Å². The van der Waals surface area contributed by atoms with E-state index in [-0.39, 0.29) is 35.1 Å². The van der Waals surface area contributed by atoms with Crippen molar-refractivity contribution in [2.45, 2.75) is 89.5 Å². The first kappa shape index (κ1) is 27.1. The molecule has 37 heavy (non-hydrogen) atoms. The van der Waals surface area contributed by atoms with Crippen LogP contribution in [0.3, 0.4) is 0 Å². The van der Waals surface area contributed by atoms with Crippen LogP contribution in [0.2, 0.25) is 0 Å². The van der Waals surface area contributed by atoms with E-state index in [2.05, 4.69) is 10.3 Å². The third-order valence-corrected chi connectivity index (χ3v) is 8.38. The van der Waals surface area contributed by atoms with Crippen molar-refractivity contribution in [1.29, 1.82) is 0 Å². The van der Waals surface area contributed by atoms with Crippen LogP contribution in [0.25, 0.3) is 0 Å². The Balaban J connectivity index is 1.62. The van der Waals surface area contributed by atoms with E-state index in [1.165, 1.54) is 14.5 Å². The van der Waals surface area contributed by atoms with Gasteiger partial charge in [-0.2, -0.15) is 0 Å². The van der Waals surface area contributed by atoms with Gasteiger partial charge in [-0.05, 0) is 32.1 Å². The third-order valence-electron chi connectivity index (χ3n) is 7.63. The molecule has 11 heteroatoms. The third kappa shape index (κ3) is 5.97. The lowest BCUT2D eigenvalue weighted by molar-refractivity contribution is -0.137. The van der Waals surface area contributed by atoms with E-state index < -0.39 is 29.4 Å². The van der Waals surface area contributed by atoms with Gasteiger partial charge in [0.2, 0.25) is 11.8 Å². The molecule has 0 aromatic carbocycles. The number of anilines is 1. The number of aromatic hydroxyl groups is 1. The Labute approximate surface area is 220 Å². The Morgan fingerprint density at radius 1 is 1.14 bits per heavy atom. The van der Waals surface area contributed by atoms with Crippen molar-refractivity contribution in [1.82, 2.24) is 14.1 Å². The molecule has 2 heterocycles. The zero-order valence-electron chi connectivity index (χ0n) is 21.5. The van der Waals surface area contributed by atoms with Crippen LogP contribution in [0, 0.1) is 5.92 Å². The topological polar surface area (TPSA) is 133 Å². The lowest BCUT2D eigenvalue weighted by Gasteiger charge is -2.26. The molecule has 1 amide bonds. The van der Waals surface area contributed by atoms with Crippen LogP contribution in [0.1, 0.15) is 106 Å². The number of hydrogen-bond acceptors (Lipinski definition) is 8. The van der Waals surface area contributed by atoms with E-state index in [1.807, 2.05) is 0 Å². The van der Waals surface area contributed by atoms with Crippen molar-refractivity contribution in [3.05, 3.63) is 27.3 Å². The molecule has 10 nitrogen and oxygen atoms in total. The number of carbonyl (C=O) groups is 3. The van der Waals surface area contributed by atoms with Crippen molar-refractivity contribution in [3.63, 3.8) is 0 Å². The molecule has 2 aromatic rings. The maximum absolute atomic E-state index is 13.6. The van der Waals surface area contributed by atoms with E-state index in [1.54, 1.807) is 14.0 Å². The Morgan fingerprint density at radius 2 is 1.78 bits per heavy atom. The molecule has 2 aromatic heterocycles. The number of esters is 1. The molecule has 0 bridgehead atoms. The predicted molar refractivity (Wildman–Crippen MR) is 139 cm³/mol. The fraction of sp³-hybridized carbons (Fsp3) is 0.654. The summed E-state index contributed by atoms with van der Waals surface area (Å²) in [7, 11) is 1.66. The summed E-state index contributed by atoms with van der Waals surface area (Å²) in [6.45, 7) is 1.67. The van der Waals surface area contributed by atoms with Crippen LogP contribution in [0.5, 0.6) is 5.88 Å². The van der Waals surface area contributed by atoms with Gasteiger partial charge in [-0.25, -0.2) is 14.6 Å². The average molecular weight is 533 g/mol. The highest BCUT2D eigenvalue weighted by atomic mass is 32.1. The molecule has 2 saturated carbocycles. The van der Waals surface area contributed by atoms with Crippen molar-refractivity contribution in [2.75, 3.05) is 11.9 Å². The highest BCUT2D eigenvalue weighted by Crippen LogP contribution is 2.39. The van der Waals surface area contributed by atoms with E-state index in [0.29, 0.717) is 12.1 Å². The molecule has 4 rings (SSSR count). The standard InChI is InChI=1S/C26H36N4O6S/c1-3-36-24(34)21(31)18-15-37-25(27-18)28-22(32)19(14-16-10-6-4-7-11-16)30-23(33)20(29(2)26(30)35)17-12-8-5-9-13-17/h15-17,19,33H,3-14H2,1-2H3,(H,27,28,32)/t19-/m0/s1. The number of ketones is 1. The molecule has 1 atom stereocenters. The van der Waals surface area contributed by atoms with Gasteiger partial charge in [0.05, 0.1) is 12.3 Å². The Hall–Kier alpha value is -2.95. The SMILES string of the molecule is CCOC(=O)C(=O)c1csc(NC(=O)[C@H](CC2CCCCC2)n2c(O)c(C3CCCCC3)n(C)c2=O)n1. The van der Waals surface area contributed by atoms with Gasteiger partial charge in [0, 0.05) is 18.3 Å². The number of ether oxygens (including phenoxy) is 1. The number of thiazole rings is 1. The Bertz CT molecular complexity index is 1190. The average Bonchev–Trinajstić information content (AvgIpc) is 3.45. The number of imidazole rings is 1. The van der Waals surface area contributed by atoms with Crippen molar-refractivity contribution >= 4 is 34.1 Å². The lowest BCUT2D eigenvalue weighted by atomic mass is 9.84. The van der Waals surface area contributed by atoms with Crippen LogP contribution in [0.4, 0.5) is 5.13 Å². The molecule has 0 spiro atoms. The molecule has 2 fully saturated rings. The Morgan fingerprint density at radius 3 is 2.43 bits per heavy atom. The molecule has 0 unspecified atom stereocenters. The summed E-state index contributed by atoms with van der Waals surface area (Å²) < 4.78 is 7.47. The minimum Gasteiger partial charge on any atom is -0.493 e. The van der Waals surface area contributed by atoms with Crippen molar-refractivity contribution < 1.29 is 24.2 Å². The summed E-state index contributed by atoms with van der Waals surface area (Å²) in [6.07, 6.45) is 10.7. The molecule has 202 valence electrons. The maximum atomic E-state index is 13.6. The van der Waals surface area contributed by atoms with E-state index in [4.69, 9.17) is 4.74 Å².